The van der Waals surface area contributed by atoms with E-state index in [-0.39, 0.29) is 5.91 Å². The lowest BCUT2D eigenvalue weighted by Crippen LogP contribution is -2.27. The number of rotatable bonds is 6. The van der Waals surface area contributed by atoms with Crippen molar-refractivity contribution in [3.8, 4) is 0 Å². The van der Waals surface area contributed by atoms with Crippen LogP contribution < -0.4 is 10.6 Å². The molecule has 0 unspecified atom stereocenters. The van der Waals surface area contributed by atoms with Crippen LogP contribution in [0.15, 0.2) is 54.7 Å². The van der Waals surface area contributed by atoms with Crippen molar-refractivity contribution in [3.63, 3.8) is 0 Å². The molecule has 1 saturated heterocycles. The van der Waals surface area contributed by atoms with Gasteiger partial charge in [0.25, 0.3) is 5.91 Å². The number of pyridine rings is 1. The lowest BCUT2D eigenvalue weighted by Gasteiger charge is -2.19. The minimum atomic E-state index is -0.313. The van der Waals surface area contributed by atoms with Crippen LogP contribution in [0.2, 0.25) is 10.0 Å². The minimum absolute atomic E-state index is 0.313. The van der Waals surface area contributed by atoms with Gasteiger partial charge in [0.05, 0.1) is 16.3 Å². The lowest BCUT2D eigenvalue weighted by molar-refractivity contribution is 0.102. The van der Waals surface area contributed by atoms with Crippen LogP contribution in [0.4, 0.5) is 11.5 Å². The molecule has 0 radical (unpaired) electrons. The molecule has 0 bridgehead atoms. The van der Waals surface area contributed by atoms with Gasteiger partial charge in [-0.2, -0.15) is 0 Å². The van der Waals surface area contributed by atoms with E-state index in [2.05, 4.69) is 20.5 Å². The Bertz CT molecular complexity index is 1160. The van der Waals surface area contributed by atoms with E-state index in [4.69, 9.17) is 28.6 Å². The van der Waals surface area contributed by atoms with Gasteiger partial charge in [-0.05, 0) is 55.2 Å². The zero-order valence-electron chi connectivity index (χ0n) is 18.3. The highest BCUT2D eigenvalue weighted by Crippen LogP contribution is 2.27. The van der Waals surface area contributed by atoms with Crippen molar-refractivity contribution in [1.29, 1.82) is 5.41 Å². The normalized spacial score (nSPS) is 13.1. The second-order valence-corrected chi connectivity index (χ2v) is 8.93. The first-order valence-electron chi connectivity index (χ1n) is 10.8. The quantitative estimate of drug-likeness (QED) is 0.298. The number of carbonyl (C=O) groups excluding carboxylic acids is 1. The molecule has 1 amide bonds. The molecule has 1 aliphatic rings. The molecular weight excluding hydrogens is 457 g/mol. The predicted molar refractivity (Wildman–Crippen MR) is 135 cm³/mol. The zero-order chi connectivity index (χ0) is 23.4. The minimum Gasteiger partial charge on any atom is -0.380 e. The second kappa shape index (κ2) is 10.2. The van der Waals surface area contributed by atoms with E-state index in [9.17, 15) is 4.79 Å². The molecular formula is C25H25Cl2N5O. The van der Waals surface area contributed by atoms with Crippen LogP contribution >= 0.6 is 23.2 Å². The monoisotopic (exact) mass is 481 g/mol. The van der Waals surface area contributed by atoms with Gasteiger partial charge in [0.1, 0.15) is 11.7 Å². The van der Waals surface area contributed by atoms with Gasteiger partial charge in [0, 0.05) is 36.4 Å². The van der Waals surface area contributed by atoms with E-state index in [0.29, 0.717) is 39.5 Å². The van der Waals surface area contributed by atoms with E-state index < -0.39 is 0 Å². The third-order valence-corrected chi connectivity index (χ3v) is 6.07. The fourth-order valence-corrected chi connectivity index (χ4v) is 4.27. The Kier molecular flexibility index (Phi) is 7.16. The molecule has 4 rings (SSSR count). The van der Waals surface area contributed by atoms with Gasteiger partial charge in [-0.1, -0.05) is 47.5 Å². The van der Waals surface area contributed by atoms with Crippen molar-refractivity contribution in [2.45, 2.75) is 26.3 Å². The van der Waals surface area contributed by atoms with E-state index in [1.54, 1.807) is 18.2 Å². The van der Waals surface area contributed by atoms with Crippen molar-refractivity contribution in [1.82, 2.24) is 9.88 Å². The number of likely N-dealkylation sites (tertiary alicyclic amines) is 1. The van der Waals surface area contributed by atoms with Crippen LogP contribution in [0.3, 0.4) is 0 Å². The number of hydrogen-bond donors (Lipinski definition) is 3. The molecule has 0 saturated carbocycles. The number of amides is 1. The number of benzene rings is 2. The number of anilines is 2. The van der Waals surface area contributed by atoms with Gasteiger partial charge in [-0.3, -0.25) is 10.2 Å². The molecule has 1 fully saturated rings. The largest absolute Gasteiger partial charge is 0.380 e. The molecule has 2 aromatic carbocycles. The zero-order valence-corrected chi connectivity index (χ0v) is 19.8. The van der Waals surface area contributed by atoms with Crippen LogP contribution in [0.25, 0.3) is 0 Å². The molecule has 0 aliphatic carbocycles. The molecule has 170 valence electrons. The van der Waals surface area contributed by atoms with Crippen LogP contribution in [0.1, 0.15) is 39.9 Å². The maximum atomic E-state index is 13.0. The highest BCUT2D eigenvalue weighted by molar-refractivity contribution is 6.31. The van der Waals surface area contributed by atoms with Crippen molar-refractivity contribution in [2.24, 2.45) is 0 Å². The van der Waals surface area contributed by atoms with Gasteiger partial charge in [0.15, 0.2) is 0 Å². The standard InChI is InChI=1S/C25H25Cl2N5O/c1-16-12-20(27)13-21(25(33)31-22-9-8-19(26)15-29-22)23(16)30-14-17-4-6-18(7-5-17)24(28)32-10-2-3-11-32/h4-9,12-13,15,28,30H,2-3,10-11,14H2,1H3,(H,29,31,33). The molecule has 3 aromatic rings. The average molecular weight is 482 g/mol. The average Bonchev–Trinajstić information content (AvgIpc) is 3.34. The molecule has 1 aliphatic heterocycles. The van der Waals surface area contributed by atoms with Gasteiger partial charge < -0.3 is 15.5 Å². The maximum absolute atomic E-state index is 13.0. The molecule has 6 nitrogen and oxygen atoms in total. The summed E-state index contributed by atoms with van der Waals surface area (Å²) in [5.41, 5.74) is 3.97. The van der Waals surface area contributed by atoms with E-state index >= 15 is 0 Å². The Morgan fingerprint density at radius 2 is 1.79 bits per heavy atom. The highest BCUT2D eigenvalue weighted by atomic mass is 35.5. The number of aryl methyl sites for hydroxylation is 1. The summed E-state index contributed by atoms with van der Waals surface area (Å²) in [4.78, 5) is 19.2. The molecule has 8 heteroatoms. The van der Waals surface area contributed by atoms with Crippen molar-refractivity contribution in [2.75, 3.05) is 23.7 Å². The Morgan fingerprint density at radius 3 is 2.45 bits per heavy atom. The second-order valence-electron chi connectivity index (χ2n) is 8.05. The van der Waals surface area contributed by atoms with Gasteiger partial charge in [-0.25, -0.2) is 4.98 Å². The summed E-state index contributed by atoms with van der Waals surface area (Å²) < 4.78 is 0. The maximum Gasteiger partial charge on any atom is 0.258 e. The van der Waals surface area contributed by atoms with Crippen LogP contribution in [0.5, 0.6) is 0 Å². The summed E-state index contributed by atoms with van der Waals surface area (Å²) in [5, 5.41) is 15.6. The number of amidine groups is 1. The Hall–Kier alpha value is -3.09. The summed E-state index contributed by atoms with van der Waals surface area (Å²) >= 11 is 12.1. The number of halogens is 2. The van der Waals surface area contributed by atoms with E-state index in [0.717, 1.165) is 42.6 Å². The topological polar surface area (TPSA) is 81.1 Å². The number of aromatic nitrogens is 1. The van der Waals surface area contributed by atoms with Crippen LogP contribution in [0, 0.1) is 12.3 Å². The Labute approximate surface area is 203 Å². The SMILES string of the molecule is Cc1cc(Cl)cc(C(=O)Nc2ccc(Cl)cn2)c1NCc1ccc(C(=N)N2CCCC2)cc1. The van der Waals surface area contributed by atoms with Gasteiger partial charge in [0.2, 0.25) is 0 Å². The van der Waals surface area contributed by atoms with E-state index in [1.807, 2.05) is 37.3 Å². The molecule has 1 aromatic heterocycles. The molecule has 3 N–H and O–H groups in total. The fourth-order valence-electron chi connectivity index (χ4n) is 3.88. The molecule has 0 atom stereocenters. The third-order valence-electron chi connectivity index (χ3n) is 5.63. The number of nitrogens with one attached hydrogen (secondary N) is 3. The summed E-state index contributed by atoms with van der Waals surface area (Å²) in [7, 11) is 0. The summed E-state index contributed by atoms with van der Waals surface area (Å²) in [6.45, 7) is 4.34. The predicted octanol–water partition coefficient (Wildman–Crippen LogP) is 5.98. The van der Waals surface area contributed by atoms with Crippen molar-refractivity contribution >= 4 is 46.4 Å². The fraction of sp³-hybridized carbons (Fsp3) is 0.240. The van der Waals surface area contributed by atoms with Gasteiger partial charge in [-0.15, -0.1) is 0 Å². The number of carbonyl (C=O) groups is 1. The Morgan fingerprint density at radius 1 is 1.06 bits per heavy atom. The lowest BCUT2D eigenvalue weighted by atomic mass is 10.1. The van der Waals surface area contributed by atoms with Crippen LogP contribution in [-0.2, 0) is 6.54 Å². The Balaban J connectivity index is 1.48. The smallest absolute Gasteiger partial charge is 0.258 e. The number of hydrogen-bond acceptors (Lipinski definition) is 4. The molecule has 2 heterocycles. The highest BCUT2D eigenvalue weighted by Gasteiger charge is 2.17. The van der Waals surface area contributed by atoms with E-state index in [1.165, 1.54) is 6.20 Å². The molecule has 33 heavy (non-hydrogen) atoms. The first-order valence-corrected chi connectivity index (χ1v) is 11.6. The first kappa shape index (κ1) is 23.1. The van der Waals surface area contributed by atoms with Crippen molar-refractivity contribution < 1.29 is 4.79 Å². The van der Waals surface area contributed by atoms with Gasteiger partial charge >= 0.3 is 0 Å². The number of nitrogens with zero attached hydrogens (tertiary/aromatic N) is 2. The molecule has 0 spiro atoms. The first-order chi connectivity index (χ1) is 15.9. The van der Waals surface area contributed by atoms with Crippen LogP contribution in [-0.4, -0.2) is 34.7 Å². The third kappa shape index (κ3) is 5.64. The summed E-state index contributed by atoms with van der Waals surface area (Å²) in [6, 6.07) is 14.7. The van der Waals surface area contributed by atoms with Crippen molar-refractivity contribution in [3.05, 3.63) is 87.0 Å². The summed E-state index contributed by atoms with van der Waals surface area (Å²) in [5.74, 6) is 0.673. The summed E-state index contributed by atoms with van der Waals surface area (Å²) in [6.07, 6.45) is 3.77.